The number of rotatable bonds is 4. The van der Waals surface area contributed by atoms with Gasteiger partial charge in [0.25, 0.3) is 0 Å². The monoisotopic (exact) mass is 561 g/mol. The molecule has 0 fully saturated rings. The van der Waals surface area contributed by atoms with Crippen molar-refractivity contribution < 1.29 is 4.42 Å². The smallest absolute Gasteiger partial charge is 0.159 e. The highest BCUT2D eigenvalue weighted by Gasteiger charge is 2.18. The van der Waals surface area contributed by atoms with Crippen LogP contribution < -0.4 is 5.32 Å². The van der Waals surface area contributed by atoms with E-state index < -0.39 is 0 Å². The molecule has 1 heterocycles. The van der Waals surface area contributed by atoms with Gasteiger partial charge in [0.2, 0.25) is 0 Å². The Balaban J connectivity index is 1.19. The molecule has 0 aliphatic carbocycles. The second-order valence-corrected chi connectivity index (χ2v) is 11.5. The number of fused-ring (bicyclic) bond motifs is 7. The molecule has 0 aliphatic rings. The Bertz CT molecular complexity index is 2520. The van der Waals surface area contributed by atoms with Crippen LogP contribution in [0.4, 0.5) is 11.4 Å². The van der Waals surface area contributed by atoms with Gasteiger partial charge in [0.1, 0.15) is 5.58 Å². The average molecular weight is 562 g/mol. The van der Waals surface area contributed by atoms with Gasteiger partial charge in [-0.2, -0.15) is 0 Å². The van der Waals surface area contributed by atoms with Crippen LogP contribution in [0.3, 0.4) is 0 Å². The summed E-state index contributed by atoms with van der Waals surface area (Å²) in [6, 6.07) is 56.2. The van der Waals surface area contributed by atoms with Crippen molar-refractivity contribution in [2.75, 3.05) is 5.32 Å². The Morgan fingerprint density at radius 1 is 0.386 bits per heavy atom. The van der Waals surface area contributed by atoms with Gasteiger partial charge in [0.05, 0.1) is 5.69 Å². The molecule has 0 unspecified atom stereocenters. The molecule has 44 heavy (non-hydrogen) atoms. The zero-order valence-corrected chi connectivity index (χ0v) is 23.9. The van der Waals surface area contributed by atoms with E-state index in [1.54, 1.807) is 0 Å². The van der Waals surface area contributed by atoms with Crippen LogP contribution in [-0.2, 0) is 0 Å². The van der Waals surface area contributed by atoms with Crippen molar-refractivity contribution in [3.8, 4) is 22.3 Å². The highest BCUT2D eigenvalue weighted by molar-refractivity contribution is 6.24. The summed E-state index contributed by atoms with van der Waals surface area (Å²) in [4.78, 5) is 0. The molecule has 2 nitrogen and oxygen atoms in total. The first kappa shape index (κ1) is 24.7. The molecule has 0 saturated heterocycles. The molecule has 2 heteroatoms. The number of anilines is 2. The van der Waals surface area contributed by atoms with Gasteiger partial charge >= 0.3 is 0 Å². The largest absolute Gasteiger partial charge is 0.453 e. The minimum absolute atomic E-state index is 0.868. The maximum atomic E-state index is 6.79. The van der Waals surface area contributed by atoms with Crippen molar-refractivity contribution >= 4 is 65.6 Å². The lowest BCUT2D eigenvalue weighted by Crippen LogP contribution is -1.92. The summed E-state index contributed by atoms with van der Waals surface area (Å²) < 4.78 is 6.79. The predicted octanol–water partition coefficient (Wildman–Crippen LogP) is 12.1. The summed E-state index contributed by atoms with van der Waals surface area (Å²) in [7, 11) is 0. The van der Waals surface area contributed by atoms with Crippen molar-refractivity contribution in [1.82, 2.24) is 0 Å². The number of furan rings is 1. The van der Waals surface area contributed by atoms with Gasteiger partial charge < -0.3 is 9.73 Å². The van der Waals surface area contributed by atoms with Gasteiger partial charge in [-0.1, -0.05) is 127 Å². The van der Waals surface area contributed by atoms with Gasteiger partial charge in [-0.3, -0.25) is 0 Å². The maximum absolute atomic E-state index is 6.79. The Morgan fingerprint density at radius 2 is 1.05 bits per heavy atom. The van der Waals surface area contributed by atoms with Gasteiger partial charge in [-0.25, -0.2) is 0 Å². The fourth-order valence-corrected chi connectivity index (χ4v) is 6.61. The van der Waals surface area contributed by atoms with Gasteiger partial charge in [-0.15, -0.1) is 0 Å². The second kappa shape index (κ2) is 9.86. The summed E-state index contributed by atoms with van der Waals surface area (Å²) in [5.41, 5.74) is 8.43. The van der Waals surface area contributed by atoms with E-state index in [1.165, 1.54) is 43.4 Å². The Hall–Kier alpha value is -5.86. The first-order valence-corrected chi connectivity index (χ1v) is 15.0. The SMILES string of the molecule is c1ccc(-c2cccc3c2oc2c(Nc4ccc5ccc(-c6ccc7ccccc7c6)cc5c4)cc4ccccc4c23)cc1. The molecular weight excluding hydrogens is 534 g/mol. The van der Waals surface area contributed by atoms with Crippen LogP contribution in [-0.4, -0.2) is 0 Å². The summed E-state index contributed by atoms with van der Waals surface area (Å²) in [5, 5.41) is 13.3. The van der Waals surface area contributed by atoms with E-state index in [1.807, 2.05) is 6.07 Å². The second-order valence-electron chi connectivity index (χ2n) is 11.5. The molecule has 0 atom stereocenters. The third-order valence-corrected chi connectivity index (χ3v) is 8.78. The van der Waals surface area contributed by atoms with Crippen molar-refractivity contribution in [2.45, 2.75) is 0 Å². The lowest BCUT2D eigenvalue weighted by atomic mass is 9.98. The molecule has 206 valence electrons. The zero-order chi connectivity index (χ0) is 29.0. The van der Waals surface area contributed by atoms with Crippen LogP contribution in [0.1, 0.15) is 0 Å². The van der Waals surface area contributed by atoms with Crippen LogP contribution in [0, 0.1) is 0 Å². The summed E-state index contributed by atoms with van der Waals surface area (Å²) >= 11 is 0. The molecule has 8 aromatic carbocycles. The minimum atomic E-state index is 0.868. The van der Waals surface area contributed by atoms with Gasteiger partial charge in [0.15, 0.2) is 5.58 Å². The quantitative estimate of drug-likeness (QED) is 0.231. The van der Waals surface area contributed by atoms with E-state index in [0.717, 1.165) is 44.4 Å². The minimum Gasteiger partial charge on any atom is -0.453 e. The van der Waals surface area contributed by atoms with Gasteiger partial charge in [-0.05, 0) is 79.3 Å². The average Bonchev–Trinajstić information content (AvgIpc) is 3.49. The lowest BCUT2D eigenvalue weighted by molar-refractivity contribution is 0.671. The van der Waals surface area contributed by atoms with E-state index >= 15 is 0 Å². The van der Waals surface area contributed by atoms with Crippen molar-refractivity contribution in [3.05, 3.63) is 158 Å². The molecule has 9 aromatic rings. The van der Waals surface area contributed by atoms with Crippen LogP contribution in [0.15, 0.2) is 162 Å². The Labute approximate surface area is 254 Å². The zero-order valence-electron chi connectivity index (χ0n) is 23.9. The standard InChI is InChI=1S/C42H27NO/c1-2-10-29(11-3-1)37-15-8-16-38-40-36-14-7-6-13-33(36)26-39(42(40)44-41(37)38)43-35-22-21-28-18-20-32(24-34(28)25-35)31-19-17-27-9-4-5-12-30(27)23-31/h1-26,43H. The molecular formula is C42H27NO. The van der Waals surface area contributed by atoms with E-state index in [0.29, 0.717) is 0 Å². The molecule has 0 bridgehead atoms. The molecule has 0 saturated carbocycles. The number of para-hydroxylation sites is 1. The fraction of sp³-hybridized carbons (Fsp3) is 0. The lowest BCUT2D eigenvalue weighted by Gasteiger charge is -2.11. The molecule has 1 N–H and O–H groups in total. The number of hydrogen-bond acceptors (Lipinski definition) is 2. The van der Waals surface area contributed by atoms with E-state index in [9.17, 15) is 0 Å². The van der Waals surface area contributed by atoms with E-state index in [-0.39, 0.29) is 0 Å². The summed E-state index contributed by atoms with van der Waals surface area (Å²) in [5.74, 6) is 0. The third kappa shape index (κ3) is 4.04. The topological polar surface area (TPSA) is 25.2 Å². The molecule has 1 aromatic heterocycles. The van der Waals surface area contributed by atoms with Crippen LogP contribution >= 0.6 is 0 Å². The number of nitrogens with one attached hydrogen (secondary N) is 1. The van der Waals surface area contributed by atoms with Crippen molar-refractivity contribution in [3.63, 3.8) is 0 Å². The summed E-state index contributed by atoms with van der Waals surface area (Å²) in [6.07, 6.45) is 0. The van der Waals surface area contributed by atoms with Crippen LogP contribution in [0.2, 0.25) is 0 Å². The maximum Gasteiger partial charge on any atom is 0.159 e. The molecule has 0 amide bonds. The highest BCUT2D eigenvalue weighted by Crippen LogP contribution is 2.43. The van der Waals surface area contributed by atoms with E-state index in [4.69, 9.17) is 4.42 Å². The molecule has 0 aliphatic heterocycles. The van der Waals surface area contributed by atoms with Crippen LogP contribution in [0.5, 0.6) is 0 Å². The molecule has 9 rings (SSSR count). The van der Waals surface area contributed by atoms with Crippen LogP contribution in [0.25, 0.3) is 76.5 Å². The van der Waals surface area contributed by atoms with E-state index in [2.05, 4.69) is 157 Å². The number of benzene rings is 8. The van der Waals surface area contributed by atoms with Crippen molar-refractivity contribution in [2.24, 2.45) is 0 Å². The molecule has 0 radical (unpaired) electrons. The number of hydrogen-bond donors (Lipinski definition) is 1. The Kier molecular flexibility index (Phi) is 5.54. The normalized spacial score (nSPS) is 11.6. The van der Waals surface area contributed by atoms with Gasteiger partial charge in [0, 0.05) is 22.0 Å². The van der Waals surface area contributed by atoms with Crippen molar-refractivity contribution in [1.29, 1.82) is 0 Å². The highest BCUT2D eigenvalue weighted by atomic mass is 16.3. The Morgan fingerprint density at radius 3 is 1.89 bits per heavy atom. The predicted molar refractivity (Wildman–Crippen MR) is 187 cm³/mol. The first-order valence-electron chi connectivity index (χ1n) is 15.0. The third-order valence-electron chi connectivity index (χ3n) is 8.78. The first-order chi connectivity index (χ1) is 21.8. The summed E-state index contributed by atoms with van der Waals surface area (Å²) in [6.45, 7) is 0. The molecule has 0 spiro atoms. The fourth-order valence-electron chi connectivity index (χ4n) is 6.61.